The van der Waals surface area contributed by atoms with Gasteiger partial charge < -0.3 is 0 Å². The van der Waals surface area contributed by atoms with Gasteiger partial charge in [0.2, 0.25) is 0 Å². The second-order valence-electron chi connectivity index (χ2n) is 4.28. The fraction of sp³-hybridized carbons (Fsp3) is 0. The minimum Gasteiger partial charge on any atom is -0.236 e. The Balaban J connectivity index is 2.10. The number of rotatable bonds is 1. The summed E-state index contributed by atoms with van der Waals surface area (Å²) in [6.45, 7) is 0. The molecular weight excluding hydrogens is 222 g/mol. The second-order valence-corrected chi connectivity index (χ2v) is 4.28. The van der Waals surface area contributed by atoms with Crippen LogP contribution in [0.3, 0.4) is 0 Å². The molecule has 0 aliphatic carbocycles. The molecule has 85 valence electrons. The lowest BCUT2D eigenvalue weighted by molar-refractivity contribution is 0.884. The third kappa shape index (κ3) is 1.21. The van der Waals surface area contributed by atoms with E-state index in [2.05, 4.69) is 34.7 Å². The molecule has 0 amide bonds. The van der Waals surface area contributed by atoms with Crippen LogP contribution in [0.5, 0.6) is 0 Å². The van der Waals surface area contributed by atoms with Crippen molar-refractivity contribution >= 4 is 22.9 Å². The predicted octanol–water partition coefficient (Wildman–Crippen LogP) is 1.01. The number of fused-ring (bicyclic) bond motifs is 2. The van der Waals surface area contributed by atoms with Gasteiger partial charge in [0.15, 0.2) is 5.82 Å². The van der Waals surface area contributed by atoms with E-state index >= 15 is 0 Å². The molecule has 1 aliphatic heterocycles. The summed E-state index contributed by atoms with van der Waals surface area (Å²) < 4.78 is 1.90. The lowest BCUT2D eigenvalue weighted by Crippen LogP contribution is -2.24. The molecule has 0 unspecified atom stereocenters. The zero-order valence-electron chi connectivity index (χ0n) is 9.62. The van der Waals surface area contributed by atoms with Crippen LogP contribution in [-0.4, -0.2) is 9.78 Å². The van der Waals surface area contributed by atoms with Gasteiger partial charge in [0, 0.05) is 22.0 Å². The van der Waals surface area contributed by atoms with E-state index in [1.165, 1.54) is 0 Å². The zero-order valence-corrected chi connectivity index (χ0v) is 9.62. The van der Waals surface area contributed by atoms with Gasteiger partial charge in [0.25, 0.3) is 0 Å². The molecule has 4 rings (SSSR count). The molecule has 0 fully saturated rings. The van der Waals surface area contributed by atoms with E-state index in [1.807, 2.05) is 41.3 Å². The molecule has 3 heteroatoms. The zero-order chi connectivity index (χ0) is 11.9. The van der Waals surface area contributed by atoms with Gasteiger partial charge in [-0.3, -0.25) is 0 Å². The number of para-hydroxylation sites is 1. The maximum atomic E-state index is 4.49. The predicted molar refractivity (Wildman–Crippen MR) is 70.8 cm³/mol. The minimum absolute atomic E-state index is 0.895. The summed E-state index contributed by atoms with van der Waals surface area (Å²) in [6.07, 6.45) is 3.76. The summed E-state index contributed by atoms with van der Waals surface area (Å²) in [6, 6.07) is 16.4. The van der Waals surface area contributed by atoms with Crippen LogP contribution in [0.25, 0.3) is 22.9 Å². The third-order valence-corrected chi connectivity index (χ3v) is 3.21. The summed E-state index contributed by atoms with van der Waals surface area (Å²) in [7, 11) is 0. The van der Waals surface area contributed by atoms with Crippen LogP contribution in [0.2, 0.25) is 0 Å². The van der Waals surface area contributed by atoms with E-state index in [0.717, 1.165) is 27.2 Å². The Morgan fingerprint density at radius 3 is 2.72 bits per heavy atom. The summed E-state index contributed by atoms with van der Waals surface area (Å²) >= 11 is 0. The SMILES string of the molecule is C1=c2ccccc2=C(n2ncc3ccccc32)[N]1. The normalized spacial score (nSPS) is 13.2. The van der Waals surface area contributed by atoms with Gasteiger partial charge in [0.05, 0.1) is 11.7 Å². The van der Waals surface area contributed by atoms with Crippen molar-refractivity contribution < 1.29 is 0 Å². The molecule has 0 spiro atoms. The highest BCUT2D eigenvalue weighted by atomic mass is 15.3. The molecule has 1 radical (unpaired) electrons. The Labute approximate surface area is 104 Å². The summed E-state index contributed by atoms with van der Waals surface area (Å²) in [5.74, 6) is 0.895. The standard InChI is InChI=1S/C15H10N3/c1-3-7-13-11(5-1)9-16-15(13)18-14-8-4-2-6-12(14)10-17-18/h1-10H. The molecule has 1 aliphatic rings. The van der Waals surface area contributed by atoms with E-state index < -0.39 is 0 Å². The lowest BCUT2D eigenvalue weighted by Gasteiger charge is -2.03. The van der Waals surface area contributed by atoms with Crippen LogP contribution in [0, 0.1) is 0 Å². The molecule has 2 aromatic carbocycles. The third-order valence-electron chi connectivity index (χ3n) is 3.21. The fourth-order valence-corrected chi connectivity index (χ4v) is 2.32. The quantitative estimate of drug-likeness (QED) is 0.616. The van der Waals surface area contributed by atoms with Gasteiger partial charge in [-0.05, 0) is 6.07 Å². The maximum Gasteiger partial charge on any atom is 0.161 e. The molecule has 0 saturated heterocycles. The first-order valence-corrected chi connectivity index (χ1v) is 5.87. The van der Waals surface area contributed by atoms with E-state index in [-0.39, 0.29) is 0 Å². The fourth-order valence-electron chi connectivity index (χ4n) is 2.32. The Hall–Kier alpha value is -2.55. The topological polar surface area (TPSA) is 31.9 Å². The Kier molecular flexibility index (Phi) is 1.83. The molecule has 18 heavy (non-hydrogen) atoms. The maximum absolute atomic E-state index is 4.49. The summed E-state index contributed by atoms with van der Waals surface area (Å²) in [5.41, 5.74) is 1.08. The van der Waals surface area contributed by atoms with Crippen LogP contribution < -0.4 is 15.8 Å². The lowest BCUT2D eigenvalue weighted by atomic mass is 10.2. The highest BCUT2D eigenvalue weighted by Crippen LogP contribution is 2.15. The van der Waals surface area contributed by atoms with Crippen molar-refractivity contribution in [3.63, 3.8) is 0 Å². The highest BCUT2D eigenvalue weighted by molar-refractivity contribution is 5.81. The van der Waals surface area contributed by atoms with Crippen molar-refractivity contribution in [2.45, 2.75) is 0 Å². The van der Waals surface area contributed by atoms with Gasteiger partial charge >= 0.3 is 0 Å². The molecule has 0 N–H and O–H groups in total. The first kappa shape index (κ1) is 9.48. The summed E-state index contributed by atoms with van der Waals surface area (Å²) in [5, 5.41) is 12.3. The van der Waals surface area contributed by atoms with E-state index in [0.29, 0.717) is 0 Å². The minimum atomic E-state index is 0.895. The van der Waals surface area contributed by atoms with E-state index in [4.69, 9.17) is 0 Å². The molecule has 1 aromatic heterocycles. The van der Waals surface area contributed by atoms with E-state index in [1.54, 1.807) is 0 Å². The van der Waals surface area contributed by atoms with Gasteiger partial charge in [-0.25, -0.2) is 10.00 Å². The average Bonchev–Trinajstić information content (AvgIpc) is 3.01. The highest BCUT2D eigenvalue weighted by Gasteiger charge is 2.11. The van der Waals surface area contributed by atoms with Crippen molar-refractivity contribution in [2.24, 2.45) is 0 Å². The number of nitrogens with zero attached hydrogens (tertiary/aromatic N) is 3. The molecule has 2 heterocycles. The Morgan fingerprint density at radius 2 is 1.72 bits per heavy atom. The van der Waals surface area contributed by atoms with Crippen LogP contribution in [0.4, 0.5) is 0 Å². The average molecular weight is 232 g/mol. The van der Waals surface area contributed by atoms with Crippen LogP contribution in [0.15, 0.2) is 54.7 Å². The number of aromatic nitrogens is 2. The Morgan fingerprint density at radius 1 is 0.889 bits per heavy atom. The van der Waals surface area contributed by atoms with Crippen molar-refractivity contribution in [3.8, 4) is 0 Å². The van der Waals surface area contributed by atoms with Crippen LogP contribution in [-0.2, 0) is 0 Å². The number of hydrogen-bond acceptors (Lipinski definition) is 1. The van der Waals surface area contributed by atoms with Gasteiger partial charge in [-0.1, -0.05) is 42.5 Å². The smallest absolute Gasteiger partial charge is 0.161 e. The van der Waals surface area contributed by atoms with Gasteiger partial charge in [-0.2, -0.15) is 5.10 Å². The number of hydrogen-bond donors (Lipinski definition) is 0. The summed E-state index contributed by atoms with van der Waals surface area (Å²) in [4.78, 5) is 0. The first-order valence-electron chi connectivity index (χ1n) is 5.87. The van der Waals surface area contributed by atoms with Crippen molar-refractivity contribution in [1.82, 2.24) is 15.1 Å². The number of benzene rings is 2. The molecule has 3 aromatic rings. The van der Waals surface area contributed by atoms with Gasteiger partial charge in [0.1, 0.15) is 0 Å². The first-order chi connectivity index (χ1) is 8.93. The molecule has 0 bridgehead atoms. The monoisotopic (exact) mass is 232 g/mol. The van der Waals surface area contributed by atoms with E-state index in [9.17, 15) is 0 Å². The largest absolute Gasteiger partial charge is 0.236 e. The van der Waals surface area contributed by atoms with Crippen LogP contribution >= 0.6 is 0 Å². The van der Waals surface area contributed by atoms with Crippen molar-refractivity contribution in [3.05, 3.63) is 65.2 Å². The molecule has 0 atom stereocenters. The Bertz CT molecular complexity index is 859. The molecular formula is C15H10N3. The van der Waals surface area contributed by atoms with Crippen molar-refractivity contribution in [1.29, 1.82) is 0 Å². The van der Waals surface area contributed by atoms with Gasteiger partial charge in [-0.15, -0.1) is 0 Å². The molecule has 0 saturated carbocycles. The second kappa shape index (κ2) is 3.47. The molecule has 3 nitrogen and oxygen atoms in total. The van der Waals surface area contributed by atoms with Crippen molar-refractivity contribution in [2.75, 3.05) is 0 Å². The van der Waals surface area contributed by atoms with Crippen LogP contribution in [0.1, 0.15) is 0 Å².